The molecule has 1 saturated heterocycles. The van der Waals surface area contributed by atoms with E-state index < -0.39 is 39.8 Å². The van der Waals surface area contributed by atoms with Crippen LogP contribution in [0, 0.1) is 11.7 Å². The Balaban J connectivity index is 1.58. The molecule has 2 aromatic rings. The maximum Gasteiger partial charge on any atom is 0.407 e. The number of ether oxygens (including phenoxy) is 1. The van der Waals surface area contributed by atoms with Crippen LogP contribution in [0.3, 0.4) is 0 Å². The van der Waals surface area contributed by atoms with Crippen LogP contribution in [-0.2, 0) is 26.0 Å². The second kappa shape index (κ2) is 13.7. The van der Waals surface area contributed by atoms with Gasteiger partial charge in [0.1, 0.15) is 11.9 Å². The summed E-state index contributed by atoms with van der Waals surface area (Å²) in [5, 5.41) is 9.00. The molecule has 9 nitrogen and oxygen atoms in total. The smallest absolute Gasteiger partial charge is 0.407 e. The number of hydrogen-bond acceptors (Lipinski definition) is 6. The van der Waals surface area contributed by atoms with Gasteiger partial charge in [0.2, 0.25) is 15.9 Å². The van der Waals surface area contributed by atoms with Crippen LogP contribution in [0.5, 0.6) is 0 Å². The minimum atomic E-state index is -3.43. The molecular weight excluding hydrogens is 583 g/mol. The second-order valence-corrected chi connectivity index (χ2v) is 14.0. The van der Waals surface area contributed by atoms with Gasteiger partial charge in [-0.1, -0.05) is 43.6 Å². The number of piperazine rings is 1. The van der Waals surface area contributed by atoms with Crippen molar-refractivity contribution in [2.45, 2.75) is 75.7 Å². The SMILES string of the molecule is COC(=O)N[C@H](C(=O)Nc1cccc(F)c1CC[C@H]1CNC[C@@H](C)N1S(=O)(=O)C1CC1)C(c1ccc(Cl)cc1)C(C)C. The van der Waals surface area contributed by atoms with Crippen molar-refractivity contribution in [2.24, 2.45) is 5.92 Å². The van der Waals surface area contributed by atoms with Gasteiger partial charge in [-0.15, -0.1) is 0 Å². The number of amides is 2. The molecule has 0 bridgehead atoms. The Labute approximate surface area is 252 Å². The molecule has 42 heavy (non-hydrogen) atoms. The van der Waals surface area contributed by atoms with Gasteiger partial charge in [0.05, 0.1) is 12.4 Å². The molecule has 2 aromatic carbocycles. The zero-order valence-electron chi connectivity index (χ0n) is 24.4. The van der Waals surface area contributed by atoms with E-state index in [9.17, 15) is 18.0 Å². The summed E-state index contributed by atoms with van der Waals surface area (Å²) in [6.07, 6.45) is 1.14. The van der Waals surface area contributed by atoms with Gasteiger partial charge >= 0.3 is 6.09 Å². The molecule has 2 fully saturated rings. The quantitative estimate of drug-likeness (QED) is 0.335. The van der Waals surface area contributed by atoms with Crippen LogP contribution < -0.4 is 16.0 Å². The highest BCUT2D eigenvalue weighted by molar-refractivity contribution is 7.90. The fraction of sp³-hybridized carbons (Fsp3) is 0.533. The van der Waals surface area contributed by atoms with Crippen LogP contribution in [0.4, 0.5) is 14.9 Å². The summed E-state index contributed by atoms with van der Waals surface area (Å²) in [4.78, 5) is 26.1. The van der Waals surface area contributed by atoms with Crippen molar-refractivity contribution >= 4 is 39.3 Å². The number of nitrogens with one attached hydrogen (secondary N) is 3. The average molecular weight is 623 g/mol. The Morgan fingerprint density at radius 1 is 1.14 bits per heavy atom. The predicted molar refractivity (Wildman–Crippen MR) is 162 cm³/mol. The molecule has 1 saturated carbocycles. The number of halogens is 2. The predicted octanol–water partition coefficient (Wildman–Crippen LogP) is 4.67. The van der Waals surface area contributed by atoms with E-state index in [1.54, 1.807) is 34.6 Å². The molecular formula is C30H40ClFN4O5S. The third-order valence-corrected chi connectivity index (χ3v) is 10.8. The normalized spacial score (nSPS) is 21.0. The molecule has 1 heterocycles. The maximum absolute atomic E-state index is 15.3. The van der Waals surface area contributed by atoms with E-state index in [2.05, 4.69) is 16.0 Å². The van der Waals surface area contributed by atoms with Crippen molar-refractivity contribution in [1.82, 2.24) is 14.9 Å². The lowest BCUT2D eigenvalue weighted by Gasteiger charge is -2.40. The highest BCUT2D eigenvalue weighted by Gasteiger charge is 2.45. The number of carbonyl (C=O) groups excluding carboxylic acids is 2. The Morgan fingerprint density at radius 2 is 1.83 bits per heavy atom. The molecule has 0 aromatic heterocycles. The fourth-order valence-electron chi connectivity index (χ4n) is 5.83. The van der Waals surface area contributed by atoms with Gasteiger partial charge in [-0.25, -0.2) is 17.6 Å². The number of sulfonamides is 1. The van der Waals surface area contributed by atoms with Crippen LogP contribution in [-0.4, -0.2) is 68.3 Å². The van der Waals surface area contributed by atoms with E-state index >= 15 is 4.39 Å². The minimum Gasteiger partial charge on any atom is -0.453 e. The van der Waals surface area contributed by atoms with Crippen LogP contribution in [0.2, 0.25) is 5.02 Å². The largest absolute Gasteiger partial charge is 0.453 e. The van der Waals surface area contributed by atoms with Crippen molar-refractivity contribution in [3.63, 3.8) is 0 Å². The van der Waals surface area contributed by atoms with Gasteiger partial charge in [-0.2, -0.15) is 4.31 Å². The lowest BCUT2D eigenvalue weighted by molar-refractivity contribution is -0.118. The molecule has 230 valence electrons. The molecule has 4 rings (SSSR count). The van der Waals surface area contributed by atoms with Gasteiger partial charge < -0.3 is 20.7 Å². The molecule has 1 unspecified atom stereocenters. The third kappa shape index (κ3) is 7.42. The summed E-state index contributed by atoms with van der Waals surface area (Å²) in [5.41, 5.74) is 1.34. The maximum atomic E-state index is 15.3. The standard InChI is InChI=1S/C30H40ClFN4O5S/c1-18(2)27(20-8-10-21(31)11-9-20)28(35-30(38)41-4)29(37)34-26-7-5-6-25(32)24(26)15-12-22-17-33-16-19(3)36(22)42(39,40)23-13-14-23/h5-11,18-19,22-23,27-28,33H,12-17H2,1-4H3,(H,34,37)(H,35,38)/t19-,22+,27?,28+/m1/s1. The summed E-state index contributed by atoms with van der Waals surface area (Å²) in [6, 6.07) is 9.89. The number of nitrogens with zero attached hydrogens (tertiary/aromatic N) is 1. The third-order valence-electron chi connectivity index (χ3n) is 8.03. The number of benzene rings is 2. The van der Waals surface area contributed by atoms with Gasteiger partial charge in [-0.3, -0.25) is 4.79 Å². The van der Waals surface area contributed by atoms with E-state index in [-0.39, 0.29) is 40.9 Å². The zero-order valence-corrected chi connectivity index (χ0v) is 26.0. The van der Waals surface area contributed by atoms with Crippen LogP contribution >= 0.6 is 11.6 Å². The molecule has 2 amide bonds. The van der Waals surface area contributed by atoms with Crippen LogP contribution in [0.1, 0.15) is 57.1 Å². The molecule has 1 aliphatic carbocycles. The van der Waals surface area contributed by atoms with Gasteiger partial charge in [0.15, 0.2) is 0 Å². The number of hydrogen-bond donors (Lipinski definition) is 3. The zero-order chi connectivity index (χ0) is 30.6. The second-order valence-electron chi connectivity index (χ2n) is 11.5. The number of anilines is 1. The Morgan fingerprint density at radius 3 is 2.45 bits per heavy atom. The molecule has 3 N–H and O–H groups in total. The first-order chi connectivity index (χ1) is 19.9. The van der Waals surface area contributed by atoms with Gasteiger partial charge in [0, 0.05) is 47.4 Å². The summed E-state index contributed by atoms with van der Waals surface area (Å²) in [5.74, 6) is -1.57. The first-order valence-corrected chi connectivity index (χ1v) is 16.2. The number of carbonyl (C=O) groups is 2. The number of rotatable bonds is 11. The van der Waals surface area contributed by atoms with E-state index in [0.717, 1.165) is 5.56 Å². The Kier molecular flexibility index (Phi) is 10.5. The molecule has 0 radical (unpaired) electrons. The lowest BCUT2D eigenvalue weighted by atomic mass is 9.82. The van der Waals surface area contributed by atoms with E-state index in [1.165, 1.54) is 19.2 Å². The van der Waals surface area contributed by atoms with Crippen molar-refractivity contribution in [1.29, 1.82) is 0 Å². The number of methoxy groups -OCH3 is 1. The van der Waals surface area contributed by atoms with Crippen molar-refractivity contribution in [2.75, 3.05) is 25.5 Å². The molecule has 2 aliphatic rings. The molecule has 1 aliphatic heterocycles. The van der Waals surface area contributed by atoms with Crippen LogP contribution in [0.15, 0.2) is 42.5 Å². The minimum absolute atomic E-state index is 0.0775. The van der Waals surface area contributed by atoms with Gasteiger partial charge in [0.25, 0.3) is 0 Å². The summed E-state index contributed by atoms with van der Waals surface area (Å²) < 4.78 is 48.1. The highest BCUT2D eigenvalue weighted by Crippen LogP contribution is 2.35. The first kappa shape index (κ1) is 32.2. The Bertz CT molecular complexity index is 1370. The van der Waals surface area contributed by atoms with E-state index in [1.807, 2.05) is 20.8 Å². The summed E-state index contributed by atoms with van der Waals surface area (Å²) in [7, 11) is -2.22. The highest BCUT2D eigenvalue weighted by atomic mass is 35.5. The van der Waals surface area contributed by atoms with Crippen molar-refractivity contribution in [3.8, 4) is 0 Å². The van der Waals surface area contributed by atoms with Crippen molar-refractivity contribution < 1.29 is 27.1 Å². The molecule has 4 atom stereocenters. The fourth-order valence-corrected chi connectivity index (χ4v) is 8.20. The lowest BCUT2D eigenvalue weighted by Crippen LogP contribution is -2.59. The van der Waals surface area contributed by atoms with E-state index in [4.69, 9.17) is 16.3 Å². The van der Waals surface area contributed by atoms with E-state index in [0.29, 0.717) is 37.4 Å². The molecule has 0 spiro atoms. The van der Waals surface area contributed by atoms with Gasteiger partial charge in [-0.05, 0) is 68.4 Å². The first-order valence-electron chi connectivity index (χ1n) is 14.3. The summed E-state index contributed by atoms with van der Waals surface area (Å²) >= 11 is 6.09. The molecule has 12 heteroatoms. The monoisotopic (exact) mass is 622 g/mol. The average Bonchev–Trinajstić information content (AvgIpc) is 3.79. The summed E-state index contributed by atoms with van der Waals surface area (Å²) in [6.45, 7) is 6.78. The van der Waals surface area contributed by atoms with Crippen molar-refractivity contribution in [3.05, 3.63) is 64.4 Å². The number of alkyl carbamates (subject to hydrolysis) is 1. The van der Waals surface area contributed by atoms with Crippen LogP contribution in [0.25, 0.3) is 0 Å². The Hall–Kier alpha value is -2.73. The topological polar surface area (TPSA) is 117 Å².